The number of nitrogen functional groups attached to an aromatic ring is 2. The van der Waals surface area contributed by atoms with Gasteiger partial charge in [-0.25, -0.2) is 0 Å². The molecule has 0 aliphatic carbocycles. The van der Waals surface area contributed by atoms with Gasteiger partial charge in [-0.15, -0.1) is 0 Å². The Morgan fingerprint density at radius 3 is 2.76 bits per heavy atom. The molecule has 17 heavy (non-hydrogen) atoms. The van der Waals surface area contributed by atoms with Crippen molar-refractivity contribution in [1.82, 2.24) is 4.90 Å². The molecule has 1 aromatic rings. The summed E-state index contributed by atoms with van der Waals surface area (Å²) in [5.74, 6) is 0.0229. The average molecular weight is 233 g/mol. The molecule has 4 N–H and O–H groups in total. The van der Waals surface area contributed by atoms with Crippen LogP contribution in [-0.2, 0) is 0 Å². The Morgan fingerprint density at radius 2 is 2.12 bits per heavy atom. The Hall–Kier alpha value is -1.71. The molecule has 1 amide bonds. The van der Waals surface area contributed by atoms with Gasteiger partial charge < -0.3 is 16.4 Å². The van der Waals surface area contributed by atoms with E-state index in [1.165, 1.54) is 6.42 Å². The summed E-state index contributed by atoms with van der Waals surface area (Å²) in [4.78, 5) is 14.3. The molecule has 2 rings (SSSR count). The number of hydrogen-bond acceptors (Lipinski definition) is 3. The van der Waals surface area contributed by atoms with Gasteiger partial charge in [0.05, 0.1) is 5.56 Å². The Kier molecular flexibility index (Phi) is 3.22. The number of likely N-dealkylation sites (tertiary alicyclic amines) is 1. The Bertz CT molecular complexity index is 431. The third-order valence-corrected chi connectivity index (χ3v) is 3.37. The second-order valence-corrected chi connectivity index (χ2v) is 4.69. The number of nitrogens with two attached hydrogens (primary N) is 2. The van der Waals surface area contributed by atoms with E-state index in [4.69, 9.17) is 11.5 Å². The molecule has 1 aliphatic heterocycles. The first-order valence-electron chi connectivity index (χ1n) is 6.05. The van der Waals surface area contributed by atoms with Crippen LogP contribution in [0.5, 0.6) is 0 Å². The van der Waals surface area contributed by atoms with Crippen LogP contribution in [0.4, 0.5) is 11.4 Å². The van der Waals surface area contributed by atoms with Crippen LogP contribution in [0.1, 0.15) is 36.5 Å². The molecule has 1 heterocycles. The molecule has 0 radical (unpaired) electrons. The van der Waals surface area contributed by atoms with E-state index in [-0.39, 0.29) is 5.91 Å². The number of carbonyl (C=O) groups is 1. The third kappa shape index (κ3) is 2.35. The summed E-state index contributed by atoms with van der Waals surface area (Å²) in [5.41, 5.74) is 13.1. The van der Waals surface area contributed by atoms with Crippen LogP contribution >= 0.6 is 0 Å². The lowest BCUT2D eigenvalue weighted by molar-refractivity contribution is 0.0637. The molecule has 1 fully saturated rings. The number of anilines is 2. The van der Waals surface area contributed by atoms with Crippen LogP contribution in [0, 0.1) is 0 Å². The van der Waals surface area contributed by atoms with E-state index in [1.807, 2.05) is 4.90 Å². The molecule has 1 aromatic carbocycles. The summed E-state index contributed by atoms with van der Waals surface area (Å²) in [6.07, 6.45) is 3.34. The zero-order valence-electron chi connectivity index (χ0n) is 10.1. The number of nitrogens with zero attached hydrogens (tertiary/aromatic N) is 1. The van der Waals surface area contributed by atoms with E-state index in [0.717, 1.165) is 19.4 Å². The SMILES string of the molecule is CC1CCCCN1C(=O)c1ccc(N)cc1N. The van der Waals surface area contributed by atoms with E-state index in [2.05, 4.69) is 6.92 Å². The summed E-state index contributed by atoms with van der Waals surface area (Å²) < 4.78 is 0. The van der Waals surface area contributed by atoms with Crippen LogP contribution < -0.4 is 11.5 Å². The third-order valence-electron chi connectivity index (χ3n) is 3.37. The minimum Gasteiger partial charge on any atom is -0.399 e. The van der Waals surface area contributed by atoms with E-state index in [9.17, 15) is 4.79 Å². The van der Waals surface area contributed by atoms with Gasteiger partial charge in [-0.2, -0.15) is 0 Å². The lowest BCUT2D eigenvalue weighted by Crippen LogP contribution is -2.42. The van der Waals surface area contributed by atoms with Crippen LogP contribution in [0.2, 0.25) is 0 Å². The van der Waals surface area contributed by atoms with Crippen molar-refractivity contribution in [3.63, 3.8) is 0 Å². The summed E-state index contributed by atoms with van der Waals surface area (Å²) >= 11 is 0. The van der Waals surface area contributed by atoms with Crippen LogP contribution in [0.15, 0.2) is 18.2 Å². The predicted octanol–water partition coefficient (Wildman–Crippen LogP) is 1.87. The van der Waals surface area contributed by atoms with E-state index in [1.54, 1.807) is 18.2 Å². The van der Waals surface area contributed by atoms with Crippen LogP contribution in [0.25, 0.3) is 0 Å². The molecule has 0 saturated carbocycles. The lowest BCUT2D eigenvalue weighted by Gasteiger charge is -2.33. The molecular weight excluding hydrogens is 214 g/mol. The van der Waals surface area contributed by atoms with Crippen molar-refractivity contribution in [2.24, 2.45) is 0 Å². The van der Waals surface area contributed by atoms with Gasteiger partial charge in [-0.05, 0) is 44.4 Å². The maximum Gasteiger partial charge on any atom is 0.256 e. The molecule has 1 aliphatic rings. The first-order valence-corrected chi connectivity index (χ1v) is 6.05. The molecule has 4 heteroatoms. The minimum atomic E-state index is 0.0229. The van der Waals surface area contributed by atoms with E-state index >= 15 is 0 Å². The quantitative estimate of drug-likeness (QED) is 0.727. The van der Waals surface area contributed by atoms with Crippen molar-refractivity contribution in [3.05, 3.63) is 23.8 Å². The highest BCUT2D eigenvalue weighted by Gasteiger charge is 2.25. The largest absolute Gasteiger partial charge is 0.399 e. The second kappa shape index (κ2) is 4.65. The number of benzene rings is 1. The fourth-order valence-electron chi connectivity index (χ4n) is 2.33. The fourth-order valence-corrected chi connectivity index (χ4v) is 2.33. The average Bonchev–Trinajstić information content (AvgIpc) is 2.29. The molecular formula is C13H19N3O. The number of amides is 1. The van der Waals surface area contributed by atoms with Crippen molar-refractivity contribution in [1.29, 1.82) is 0 Å². The molecule has 0 spiro atoms. The summed E-state index contributed by atoms with van der Waals surface area (Å²) in [6.45, 7) is 2.91. The molecule has 0 aromatic heterocycles. The molecule has 1 saturated heterocycles. The summed E-state index contributed by atoms with van der Waals surface area (Å²) in [5, 5.41) is 0. The van der Waals surface area contributed by atoms with Crippen molar-refractivity contribution < 1.29 is 4.79 Å². The lowest BCUT2D eigenvalue weighted by atomic mass is 10.0. The zero-order chi connectivity index (χ0) is 12.4. The van der Waals surface area contributed by atoms with Crippen molar-refractivity contribution in [3.8, 4) is 0 Å². The van der Waals surface area contributed by atoms with Gasteiger partial charge in [0.15, 0.2) is 0 Å². The summed E-state index contributed by atoms with van der Waals surface area (Å²) in [7, 11) is 0. The maximum atomic E-state index is 12.3. The first kappa shape index (κ1) is 11.8. The summed E-state index contributed by atoms with van der Waals surface area (Å²) in [6, 6.07) is 5.38. The highest BCUT2D eigenvalue weighted by atomic mass is 16.2. The second-order valence-electron chi connectivity index (χ2n) is 4.69. The van der Waals surface area contributed by atoms with Gasteiger partial charge in [0.25, 0.3) is 5.91 Å². The van der Waals surface area contributed by atoms with Gasteiger partial charge in [0.1, 0.15) is 0 Å². The van der Waals surface area contributed by atoms with Gasteiger partial charge in [-0.1, -0.05) is 0 Å². The molecule has 92 valence electrons. The number of rotatable bonds is 1. The Balaban J connectivity index is 2.24. The van der Waals surface area contributed by atoms with Crippen LogP contribution in [-0.4, -0.2) is 23.4 Å². The number of piperidine rings is 1. The zero-order valence-corrected chi connectivity index (χ0v) is 10.1. The normalized spacial score (nSPS) is 20.3. The minimum absolute atomic E-state index is 0.0229. The van der Waals surface area contributed by atoms with Crippen molar-refractivity contribution in [2.45, 2.75) is 32.2 Å². The smallest absolute Gasteiger partial charge is 0.256 e. The fraction of sp³-hybridized carbons (Fsp3) is 0.462. The molecule has 0 bridgehead atoms. The van der Waals surface area contributed by atoms with Crippen molar-refractivity contribution in [2.75, 3.05) is 18.0 Å². The topological polar surface area (TPSA) is 72.3 Å². The highest BCUT2D eigenvalue weighted by molar-refractivity contribution is 5.99. The first-order chi connectivity index (χ1) is 8.09. The van der Waals surface area contributed by atoms with Gasteiger partial charge in [0, 0.05) is 24.0 Å². The van der Waals surface area contributed by atoms with Gasteiger partial charge >= 0.3 is 0 Å². The highest BCUT2D eigenvalue weighted by Crippen LogP contribution is 2.23. The van der Waals surface area contributed by atoms with E-state index in [0.29, 0.717) is 23.0 Å². The monoisotopic (exact) mass is 233 g/mol. The molecule has 1 unspecified atom stereocenters. The molecule has 1 atom stereocenters. The Labute approximate surface area is 102 Å². The number of carbonyl (C=O) groups excluding carboxylic acids is 1. The molecule has 4 nitrogen and oxygen atoms in total. The van der Waals surface area contributed by atoms with Gasteiger partial charge in [0.2, 0.25) is 0 Å². The van der Waals surface area contributed by atoms with Gasteiger partial charge in [-0.3, -0.25) is 4.79 Å². The van der Waals surface area contributed by atoms with E-state index < -0.39 is 0 Å². The maximum absolute atomic E-state index is 12.3. The standard InChI is InChI=1S/C13H19N3O/c1-9-4-2-3-7-16(9)13(17)11-6-5-10(14)8-12(11)15/h5-6,8-9H,2-4,7,14-15H2,1H3. The predicted molar refractivity (Wildman–Crippen MR) is 69.6 cm³/mol. The Morgan fingerprint density at radius 1 is 1.35 bits per heavy atom. The van der Waals surface area contributed by atoms with Crippen molar-refractivity contribution >= 4 is 17.3 Å². The van der Waals surface area contributed by atoms with Crippen LogP contribution in [0.3, 0.4) is 0 Å². The number of hydrogen-bond donors (Lipinski definition) is 2.